The molecule has 0 saturated carbocycles. The lowest BCUT2D eigenvalue weighted by Crippen LogP contribution is -1.95. The van der Waals surface area contributed by atoms with Gasteiger partial charge in [0, 0.05) is 11.1 Å². The first-order chi connectivity index (χ1) is 7.11. The SMILES string of the molecule is CC(C)c1ccc(C(C)C)c2c1OCO2. The van der Waals surface area contributed by atoms with Crippen LogP contribution in [0.2, 0.25) is 0 Å². The second-order valence-corrected chi connectivity index (χ2v) is 4.62. The number of rotatable bonds is 2. The van der Waals surface area contributed by atoms with Gasteiger partial charge in [-0.3, -0.25) is 0 Å². The van der Waals surface area contributed by atoms with Gasteiger partial charge < -0.3 is 9.47 Å². The Morgan fingerprint density at radius 1 is 0.867 bits per heavy atom. The Kier molecular flexibility index (Phi) is 2.59. The molecule has 2 heteroatoms. The molecule has 0 bridgehead atoms. The Balaban J connectivity index is 2.54. The number of fused-ring (bicyclic) bond motifs is 1. The molecule has 0 amide bonds. The maximum Gasteiger partial charge on any atom is 0.231 e. The van der Waals surface area contributed by atoms with Crippen molar-refractivity contribution >= 4 is 0 Å². The third kappa shape index (κ3) is 1.69. The minimum Gasteiger partial charge on any atom is -0.453 e. The average molecular weight is 206 g/mol. The van der Waals surface area contributed by atoms with Gasteiger partial charge in [-0.2, -0.15) is 0 Å². The Labute approximate surface area is 91.2 Å². The molecule has 0 aromatic heterocycles. The van der Waals surface area contributed by atoms with Gasteiger partial charge in [0.2, 0.25) is 6.79 Å². The van der Waals surface area contributed by atoms with Crippen LogP contribution in [0.5, 0.6) is 11.5 Å². The van der Waals surface area contributed by atoms with E-state index in [2.05, 4.69) is 39.8 Å². The van der Waals surface area contributed by atoms with Gasteiger partial charge in [0.1, 0.15) is 0 Å². The quantitative estimate of drug-likeness (QED) is 0.735. The highest BCUT2D eigenvalue weighted by atomic mass is 16.7. The molecule has 1 heterocycles. The molecule has 0 fully saturated rings. The zero-order valence-corrected chi connectivity index (χ0v) is 9.83. The Morgan fingerprint density at radius 2 is 1.27 bits per heavy atom. The van der Waals surface area contributed by atoms with E-state index < -0.39 is 0 Å². The summed E-state index contributed by atoms with van der Waals surface area (Å²) in [6, 6.07) is 4.32. The maximum absolute atomic E-state index is 5.56. The lowest BCUT2D eigenvalue weighted by Gasteiger charge is -2.14. The highest BCUT2D eigenvalue weighted by Crippen LogP contribution is 2.44. The van der Waals surface area contributed by atoms with E-state index >= 15 is 0 Å². The van der Waals surface area contributed by atoms with Gasteiger partial charge in [-0.15, -0.1) is 0 Å². The van der Waals surface area contributed by atoms with E-state index in [9.17, 15) is 0 Å². The summed E-state index contributed by atoms with van der Waals surface area (Å²) in [5.74, 6) is 2.86. The van der Waals surface area contributed by atoms with Crippen molar-refractivity contribution in [3.8, 4) is 11.5 Å². The summed E-state index contributed by atoms with van der Waals surface area (Å²) in [5.41, 5.74) is 2.49. The first-order valence-corrected chi connectivity index (χ1v) is 5.53. The molecule has 2 nitrogen and oxygen atoms in total. The van der Waals surface area contributed by atoms with Crippen molar-refractivity contribution in [3.63, 3.8) is 0 Å². The molecule has 0 aliphatic carbocycles. The normalized spacial score (nSPS) is 14.0. The number of benzene rings is 1. The summed E-state index contributed by atoms with van der Waals surface area (Å²) in [5, 5.41) is 0. The van der Waals surface area contributed by atoms with Crippen molar-refractivity contribution in [1.29, 1.82) is 0 Å². The van der Waals surface area contributed by atoms with Gasteiger partial charge in [0.15, 0.2) is 11.5 Å². The van der Waals surface area contributed by atoms with Crippen LogP contribution in [-0.4, -0.2) is 6.79 Å². The molecule has 0 saturated heterocycles. The molecule has 0 radical (unpaired) electrons. The molecule has 1 aromatic rings. The van der Waals surface area contributed by atoms with Crippen molar-refractivity contribution in [2.75, 3.05) is 6.79 Å². The second kappa shape index (κ2) is 3.76. The molecule has 1 aliphatic rings. The van der Waals surface area contributed by atoms with Crippen LogP contribution in [0.3, 0.4) is 0 Å². The summed E-state index contributed by atoms with van der Waals surface area (Å²) in [6.45, 7) is 9.05. The first-order valence-electron chi connectivity index (χ1n) is 5.53. The van der Waals surface area contributed by atoms with Gasteiger partial charge in [0.25, 0.3) is 0 Å². The van der Waals surface area contributed by atoms with Gasteiger partial charge in [-0.25, -0.2) is 0 Å². The monoisotopic (exact) mass is 206 g/mol. The molecule has 15 heavy (non-hydrogen) atoms. The molecule has 0 atom stereocenters. The predicted molar refractivity (Wildman–Crippen MR) is 60.7 cm³/mol. The van der Waals surface area contributed by atoms with E-state index in [4.69, 9.17) is 9.47 Å². The molecule has 2 rings (SSSR count). The fraction of sp³-hybridized carbons (Fsp3) is 0.538. The van der Waals surface area contributed by atoms with Crippen molar-refractivity contribution in [3.05, 3.63) is 23.3 Å². The number of hydrogen-bond acceptors (Lipinski definition) is 2. The van der Waals surface area contributed by atoms with E-state index in [0.29, 0.717) is 18.6 Å². The summed E-state index contributed by atoms with van der Waals surface area (Å²) in [4.78, 5) is 0. The smallest absolute Gasteiger partial charge is 0.231 e. The fourth-order valence-corrected chi connectivity index (χ4v) is 1.95. The second-order valence-electron chi connectivity index (χ2n) is 4.62. The molecule has 0 unspecified atom stereocenters. The van der Waals surface area contributed by atoms with Crippen molar-refractivity contribution < 1.29 is 9.47 Å². The third-order valence-electron chi connectivity index (χ3n) is 2.82. The van der Waals surface area contributed by atoms with Crippen LogP contribution < -0.4 is 9.47 Å². The lowest BCUT2D eigenvalue weighted by molar-refractivity contribution is 0.172. The van der Waals surface area contributed by atoms with E-state index in [-0.39, 0.29) is 0 Å². The lowest BCUT2D eigenvalue weighted by atomic mass is 9.95. The minimum absolute atomic E-state index is 0.360. The summed E-state index contributed by atoms with van der Waals surface area (Å²) >= 11 is 0. The standard InChI is InChI=1S/C13H18O2/c1-8(2)10-5-6-11(9(3)4)13-12(10)14-7-15-13/h5-6,8-9H,7H2,1-4H3. The average Bonchev–Trinajstić information content (AvgIpc) is 2.63. The summed E-state index contributed by atoms with van der Waals surface area (Å²) in [7, 11) is 0. The van der Waals surface area contributed by atoms with Crippen molar-refractivity contribution in [1.82, 2.24) is 0 Å². The zero-order valence-electron chi connectivity index (χ0n) is 9.83. The molecular weight excluding hydrogens is 188 g/mol. The molecule has 0 N–H and O–H groups in total. The Morgan fingerprint density at radius 3 is 1.60 bits per heavy atom. The Bertz CT molecular complexity index is 332. The van der Waals surface area contributed by atoms with Crippen molar-refractivity contribution in [2.45, 2.75) is 39.5 Å². The van der Waals surface area contributed by atoms with Gasteiger partial charge in [-0.1, -0.05) is 39.8 Å². The Hall–Kier alpha value is -1.18. The van der Waals surface area contributed by atoms with Crippen LogP contribution in [0.15, 0.2) is 12.1 Å². The molecule has 82 valence electrons. The van der Waals surface area contributed by atoms with E-state index in [1.165, 1.54) is 11.1 Å². The largest absolute Gasteiger partial charge is 0.453 e. The van der Waals surface area contributed by atoms with E-state index in [0.717, 1.165) is 11.5 Å². The zero-order chi connectivity index (χ0) is 11.0. The fourth-order valence-electron chi connectivity index (χ4n) is 1.95. The number of ether oxygens (including phenoxy) is 2. The summed E-state index contributed by atoms with van der Waals surface area (Å²) < 4.78 is 11.1. The van der Waals surface area contributed by atoms with Crippen LogP contribution in [0, 0.1) is 0 Å². The summed E-state index contributed by atoms with van der Waals surface area (Å²) in [6.07, 6.45) is 0. The maximum atomic E-state index is 5.56. The van der Waals surface area contributed by atoms with Crippen LogP contribution in [-0.2, 0) is 0 Å². The van der Waals surface area contributed by atoms with Crippen LogP contribution in [0.1, 0.15) is 50.7 Å². The molecule has 1 aliphatic heterocycles. The van der Waals surface area contributed by atoms with E-state index in [1.807, 2.05) is 0 Å². The van der Waals surface area contributed by atoms with Crippen LogP contribution in [0.4, 0.5) is 0 Å². The minimum atomic E-state index is 0.360. The molecule has 1 aromatic carbocycles. The highest BCUT2D eigenvalue weighted by molar-refractivity contribution is 5.55. The van der Waals surface area contributed by atoms with E-state index in [1.54, 1.807) is 0 Å². The van der Waals surface area contributed by atoms with Crippen LogP contribution >= 0.6 is 0 Å². The van der Waals surface area contributed by atoms with Gasteiger partial charge in [-0.05, 0) is 11.8 Å². The first kappa shape index (κ1) is 10.3. The number of hydrogen-bond donors (Lipinski definition) is 0. The topological polar surface area (TPSA) is 18.5 Å². The van der Waals surface area contributed by atoms with Gasteiger partial charge >= 0.3 is 0 Å². The molecule has 0 spiro atoms. The van der Waals surface area contributed by atoms with Crippen LogP contribution in [0.25, 0.3) is 0 Å². The predicted octanol–water partition coefficient (Wildman–Crippen LogP) is 3.66. The van der Waals surface area contributed by atoms with Gasteiger partial charge in [0.05, 0.1) is 0 Å². The highest BCUT2D eigenvalue weighted by Gasteiger charge is 2.23. The third-order valence-corrected chi connectivity index (χ3v) is 2.82. The molecular formula is C13H18O2. The van der Waals surface area contributed by atoms with Crippen molar-refractivity contribution in [2.24, 2.45) is 0 Å².